The van der Waals surface area contributed by atoms with Gasteiger partial charge in [-0.15, -0.1) is 0 Å². The van der Waals surface area contributed by atoms with Crippen LogP contribution in [0.25, 0.3) is 10.9 Å². The highest BCUT2D eigenvalue weighted by Crippen LogP contribution is 2.18. The number of rotatable bonds is 2. The van der Waals surface area contributed by atoms with Crippen molar-refractivity contribution in [3.8, 4) is 0 Å². The smallest absolute Gasteiger partial charge is 0.241 e. The molecule has 2 nitrogen and oxygen atoms in total. The van der Waals surface area contributed by atoms with E-state index in [1.165, 1.54) is 10.9 Å². The molecule has 1 heterocycles. The topological polar surface area (TPSA) is 26.2 Å². The van der Waals surface area contributed by atoms with Crippen molar-refractivity contribution < 1.29 is 4.98 Å². The van der Waals surface area contributed by atoms with Gasteiger partial charge < -0.3 is 0 Å². The van der Waals surface area contributed by atoms with Crippen molar-refractivity contribution >= 4 is 22.4 Å². The Hall–Kier alpha value is -2.35. The van der Waals surface area contributed by atoms with Gasteiger partial charge in [-0.3, -0.25) is 0 Å². The fourth-order valence-corrected chi connectivity index (χ4v) is 2.16. The van der Waals surface area contributed by atoms with Crippen LogP contribution in [0.5, 0.6) is 0 Å². The minimum absolute atomic E-state index is 1.01. The molecule has 0 saturated heterocycles. The average Bonchev–Trinajstić information content (AvgIpc) is 2.40. The Kier molecular flexibility index (Phi) is 2.69. The summed E-state index contributed by atoms with van der Waals surface area (Å²) in [4.78, 5) is 3.41. The molecule has 0 aliphatic carbocycles. The highest BCUT2D eigenvalue weighted by atomic mass is 15.0. The third kappa shape index (κ3) is 2.05. The van der Waals surface area contributed by atoms with Gasteiger partial charge >= 0.3 is 0 Å². The summed E-state index contributed by atoms with van der Waals surface area (Å²) in [7, 11) is 0. The van der Waals surface area contributed by atoms with Gasteiger partial charge in [0.15, 0.2) is 0 Å². The summed E-state index contributed by atoms with van der Waals surface area (Å²) in [6.07, 6.45) is 0. The first-order valence-corrected chi connectivity index (χ1v) is 6.07. The lowest BCUT2D eigenvalue weighted by Crippen LogP contribution is -2.11. The van der Waals surface area contributed by atoms with Gasteiger partial charge in [-0.1, -0.05) is 36.4 Å². The number of anilines is 2. The Bertz CT molecular complexity index is 675. The number of aryl methyl sites for hydroxylation is 1. The Labute approximate surface area is 106 Å². The summed E-state index contributed by atoms with van der Waals surface area (Å²) in [6, 6.07) is 20.6. The van der Waals surface area contributed by atoms with Gasteiger partial charge in [0.05, 0.1) is 0 Å². The number of hydrogen-bond acceptors (Lipinski definition) is 1. The maximum absolute atomic E-state index is 3.41. The molecule has 2 aromatic carbocycles. The normalized spacial score (nSPS) is 10.5. The number of nitrogens with one attached hydrogen (secondary N) is 2. The molecule has 0 aliphatic rings. The number of fused-ring (bicyclic) bond motifs is 1. The first-order chi connectivity index (χ1) is 8.83. The van der Waals surface area contributed by atoms with Crippen LogP contribution in [0.1, 0.15) is 5.56 Å². The summed E-state index contributed by atoms with van der Waals surface area (Å²) >= 11 is 0. The lowest BCUT2D eigenvalue weighted by atomic mass is 10.1. The minimum Gasteiger partial charge on any atom is -0.241 e. The van der Waals surface area contributed by atoms with Crippen molar-refractivity contribution in [2.24, 2.45) is 0 Å². The largest absolute Gasteiger partial charge is 0.278 e. The summed E-state index contributed by atoms with van der Waals surface area (Å²) in [5.41, 5.74) is 3.50. The lowest BCUT2D eigenvalue weighted by Gasteiger charge is -2.03. The molecule has 1 aromatic heterocycles. The molecule has 2 N–H and O–H groups in total. The predicted molar refractivity (Wildman–Crippen MR) is 75.0 cm³/mol. The van der Waals surface area contributed by atoms with Crippen molar-refractivity contribution in [3.05, 3.63) is 66.2 Å². The van der Waals surface area contributed by atoms with Crippen LogP contribution in [0.15, 0.2) is 60.7 Å². The third-order valence-corrected chi connectivity index (χ3v) is 3.03. The van der Waals surface area contributed by atoms with Gasteiger partial charge in [0, 0.05) is 11.5 Å². The molecule has 0 fully saturated rings. The number of pyridine rings is 1. The van der Waals surface area contributed by atoms with E-state index in [2.05, 4.69) is 53.6 Å². The fourth-order valence-electron chi connectivity index (χ4n) is 2.16. The van der Waals surface area contributed by atoms with Crippen molar-refractivity contribution in [3.63, 3.8) is 0 Å². The molecule has 3 aromatic rings. The van der Waals surface area contributed by atoms with Gasteiger partial charge in [-0.25, -0.2) is 10.3 Å². The van der Waals surface area contributed by atoms with Crippen molar-refractivity contribution in [2.75, 3.05) is 5.32 Å². The van der Waals surface area contributed by atoms with Crippen molar-refractivity contribution in [1.29, 1.82) is 0 Å². The molecule has 3 rings (SSSR count). The molecule has 88 valence electrons. The van der Waals surface area contributed by atoms with Gasteiger partial charge in [0.1, 0.15) is 11.2 Å². The predicted octanol–water partition coefficient (Wildman–Crippen LogP) is 3.71. The van der Waals surface area contributed by atoms with Gasteiger partial charge in [-0.05, 0) is 30.7 Å². The zero-order chi connectivity index (χ0) is 12.4. The minimum atomic E-state index is 1.01. The zero-order valence-electron chi connectivity index (χ0n) is 10.3. The highest BCUT2D eigenvalue weighted by molar-refractivity contribution is 5.80. The number of hydrogen-bond donors (Lipinski definition) is 1. The van der Waals surface area contributed by atoms with Crippen LogP contribution in [-0.4, -0.2) is 0 Å². The SMILES string of the molecule is Cc1cc(Nc2ccccc2)[nH+]c2ccccc12. The van der Waals surface area contributed by atoms with Gasteiger partial charge in [0.25, 0.3) is 5.82 Å². The fraction of sp³-hybridized carbons (Fsp3) is 0.0625. The van der Waals surface area contributed by atoms with Crippen LogP contribution in [0, 0.1) is 6.92 Å². The van der Waals surface area contributed by atoms with E-state index in [4.69, 9.17) is 0 Å². The van der Waals surface area contributed by atoms with Crippen LogP contribution < -0.4 is 10.3 Å². The van der Waals surface area contributed by atoms with E-state index < -0.39 is 0 Å². The van der Waals surface area contributed by atoms with Crippen molar-refractivity contribution in [1.82, 2.24) is 0 Å². The van der Waals surface area contributed by atoms with Crippen LogP contribution in [0.2, 0.25) is 0 Å². The second kappa shape index (κ2) is 4.49. The maximum Gasteiger partial charge on any atom is 0.278 e. The molecule has 0 saturated carbocycles. The molecule has 0 unspecified atom stereocenters. The molecule has 0 aliphatic heterocycles. The molecule has 0 atom stereocenters. The standard InChI is InChI=1S/C16H14N2/c1-12-11-16(17-13-7-3-2-4-8-13)18-15-10-6-5-9-14(12)15/h2-11H,1H3,(H,17,18)/p+1. The lowest BCUT2D eigenvalue weighted by molar-refractivity contribution is -0.326. The average molecular weight is 235 g/mol. The van der Waals surface area contributed by atoms with E-state index in [0.717, 1.165) is 17.0 Å². The monoisotopic (exact) mass is 235 g/mol. The summed E-state index contributed by atoms with van der Waals surface area (Å²) in [6.45, 7) is 2.13. The van der Waals surface area contributed by atoms with Crippen LogP contribution in [-0.2, 0) is 0 Å². The van der Waals surface area contributed by atoms with Crippen LogP contribution in [0.3, 0.4) is 0 Å². The molecule has 2 heteroatoms. The molecule has 18 heavy (non-hydrogen) atoms. The molecule has 0 radical (unpaired) electrons. The molecular formula is C16H15N2+. The van der Waals surface area contributed by atoms with Crippen LogP contribution in [0.4, 0.5) is 11.5 Å². The number of benzene rings is 2. The number of para-hydroxylation sites is 2. The van der Waals surface area contributed by atoms with E-state index >= 15 is 0 Å². The maximum atomic E-state index is 3.41. The summed E-state index contributed by atoms with van der Waals surface area (Å²) in [5, 5.41) is 4.64. The Balaban J connectivity index is 2.03. The zero-order valence-corrected chi connectivity index (χ0v) is 10.3. The van der Waals surface area contributed by atoms with E-state index in [1.54, 1.807) is 0 Å². The summed E-state index contributed by atoms with van der Waals surface area (Å²) in [5.74, 6) is 1.01. The van der Waals surface area contributed by atoms with Gasteiger partial charge in [0.2, 0.25) is 0 Å². The van der Waals surface area contributed by atoms with Crippen LogP contribution >= 0.6 is 0 Å². The second-order valence-electron chi connectivity index (χ2n) is 4.40. The second-order valence-corrected chi connectivity index (χ2v) is 4.40. The quantitative estimate of drug-likeness (QED) is 0.720. The molecule has 0 bridgehead atoms. The number of aromatic amines is 1. The molecular weight excluding hydrogens is 220 g/mol. The van der Waals surface area contributed by atoms with E-state index in [1.807, 2.05) is 24.3 Å². The van der Waals surface area contributed by atoms with Gasteiger partial charge in [-0.2, -0.15) is 0 Å². The van der Waals surface area contributed by atoms with E-state index in [0.29, 0.717) is 0 Å². The Morgan fingerprint density at radius 3 is 2.44 bits per heavy atom. The third-order valence-electron chi connectivity index (χ3n) is 3.03. The first-order valence-electron chi connectivity index (χ1n) is 6.07. The number of H-pyrrole nitrogens is 1. The van der Waals surface area contributed by atoms with Crippen molar-refractivity contribution in [2.45, 2.75) is 6.92 Å². The molecule has 0 amide bonds. The Morgan fingerprint density at radius 1 is 0.889 bits per heavy atom. The number of aromatic nitrogens is 1. The highest BCUT2D eigenvalue weighted by Gasteiger charge is 2.07. The van der Waals surface area contributed by atoms with E-state index in [-0.39, 0.29) is 0 Å². The molecule has 0 spiro atoms. The Morgan fingerprint density at radius 2 is 1.61 bits per heavy atom. The first kappa shape index (κ1) is 10.8. The summed E-state index contributed by atoms with van der Waals surface area (Å²) < 4.78 is 0. The van der Waals surface area contributed by atoms with E-state index in [9.17, 15) is 0 Å².